The van der Waals surface area contributed by atoms with Crippen molar-refractivity contribution in [3.05, 3.63) is 94.7 Å². The fourth-order valence-electron chi connectivity index (χ4n) is 6.32. The van der Waals surface area contributed by atoms with E-state index in [1.54, 1.807) is 12.1 Å². The number of anilines is 1. The molecule has 0 aliphatic carbocycles. The van der Waals surface area contributed by atoms with Gasteiger partial charge in [-0.2, -0.15) is 30.9 Å². The van der Waals surface area contributed by atoms with Gasteiger partial charge in [0, 0.05) is 47.5 Å². The fraction of sp³-hybridized carbons (Fsp3) is 0.486. The number of hydrogen-bond acceptors (Lipinski definition) is 1. The third kappa shape index (κ3) is 9.84. The van der Waals surface area contributed by atoms with Gasteiger partial charge in [0.1, 0.15) is 6.54 Å². The minimum absolute atomic E-state index is 0. The fourth-order valence-corrected chi connectivity index (χ4v) is 6.32. The molecule has 4 rings (SSSR count). The van der Waals surface area contributed by atoms with Crippen molar-refractivity contribution in [2.24, 2.45) is 11.8 Å². The van der Waals surface area contributed by atoms with Crippen LogP contribution in [0.2, 0.25) is 0 Å². The van der Waals surface area contributed by atoms with Gasteiger partial charge < -0.3 is 9.60 Å². The van der Waals surface area contributed by atoms with Crippen LogP contribution in [0, 0.1) is 11.8 Å². The van der Waals surface area contributed by atoms with Crippen molar-refractivity contribution in [2.75, 3.05) is 18.0 Å². The number of alkyl halides is 6. The van der Waals surface area contributed by atoms with Crippen LogP contribution in [0.5, 0.6) is 0 Å². The second kappa shape index (κ2) is 16.2. The predicted molar refractivity (Wildman–Crippen MR) is 180 cm³/mol. The Balaban J connectivity index is 0.00000164. The highest BCUT2D eigenvalue weighted by Gasteiger charge is 2.46. The average molecular weight is 719 g/mol. The summed E-state index contributed by atoms with van der Waals surface area (Å²) in [6.45, 7) is 17.7. The maximum absolute atomic E-state index is 13.6. The highest BCUT2D eigenvalue weighted by molar-refractivity contribution is 6.33. The number of halogens is 10. The van der Waals surface area contributed by atoms with Crippen molar-refractivity contribution in [1.82, 2.24) is 0 Å². The Labute approximate surface area is 289 Å². The van der Waals surface area contributed by atoms with E-state index in [2.05, 4.69) is 37.2 Å². The van der Waals surface area contributed by atoms with Gasteiger partial charge >= 0.3 is 19.9 Å². The van der Waals surface area contributed by atoms with E-state index in [0.717, 1.165) is 47.8 Å². The summed E-state index contributed by atoms with van der Waals surface area (Å²) in [7, 11) is -3.67. The summed E-state index contributed by atoms with van der Waals surface area (Å²) >= 11 is 0. The lowest BCUT2D eigenvalue weighted by Crippen LogP contribution is -3.00. The van der Waals surface area contributed by atoms with Crippen molar-refractivity contribution in [3.63, 3.8) is 0 Å². The van der Waals surface area contributed by atoms with Crippen LogP contribution in [0.4, 0.5) is 50.7 Å². The first-order chi connectivity index (χ1) is 22.5. The summed E-state index contributed by atoms with van der Waals surface area (Å²) in [4.78, 5) is 2.13. The minimum atomic E-state index is -4.42. The van der Waals surface area contributed by atoms with Gasteiger partial charge in [-0.1, -0.05) is 59.8 Å². The first-order valence-electron chi connectivity index (χ1n) is 16.3. The zero-order valence-corrected chi connectivity index (χ0v) is 29.6. The summed E-state index contributed by atoms with van der Waals surface area (Å²) in [5, 5.41) is 0. The Morgan fingerprint density at radius 3 is 1.78 bits per heavy atom. The predicted octanol–water partition coefficient (Wildman–Crippen LogP) is 8.87. The average Bonchev–Trinajstić information content (AvgIpc) is 3.31. The van der Waals surface area contributed by atoms with Crippen molar-refractivity contribution in [2.45, 2.75) is 91.4 Å². The molecule has 2 heterocycles. The van der Waals surface area contributed by atoms with Gasteiger partial charge in [0.25, 0.3) is 0 Å². The molecule has 2 aliphatic rings. The van der Waals surface area contributed by atoms with E-state index in [0.29, 0.717) is 36.1 Å². The van der Waals surface area contributed by atoms with Crippen molar-refractivity contribution in [3.8, 4) is 0 Å². The Morgan fingerprint density at radius 1 is 0.740 bits per heavy atom. The number of hydrogen-bond donors (Lipinski definition) is 0. The van der Waals surface area contributed by atoms with Crippen LogP contribution >= 0.6 is 0 Å². The summed E-state index contributed by atoms with van der Waals surface area (Å²) in [6, 6.07) is 8.01. The summed E-state index contributed by atoms with van der Waals surface area (Å²) < 4.78 is 113. The maximum Gasteiger partial charge on any atom is 0.762 e. The van der Waals surface area contributed by atoms with Gasteiger partial charge in [-0.3, -0.25) is 12.9 Å². The SMILES string of the molecule is CC(C)CCN1/C(=C/C=C/C=C/C2=[N+](CCC(C)C)c3ccc(C(F)(F)F)cc3C2(C)C)C(C)(C)c2cc(C(F)(F)F)ccc21.FB(F)F.[F-]. The van der Waals surface area contributed by atoms with Crippen LogP contribution in [0.1, 0.15) is 90.5 Å². The van der Waals surface area contributed by atoms with Crippen LogP contribution in [-0.2, 0) is 23.2 Å². The topological polar surface area (TPSA) is 6.25 Å². The van der Waals surface area contributed by atoms with Crippen LogP contribution in [0.15, 0.2) is 72.5 Å². The van der Waals surface area contributed by atoms with Gasteiger partial charge in [-0.15, -0.1) is 0 Å². The highest BCUT2D eigenvalue weighted by Crippen LogP contribution is 2.50. The number of allylic oxidation sites excluding steroid dienone is 6. The van der Waals surface area contributed by atoms with Crippen LogP contribution in [0.3, 0.4) is 0 Å². The van der Waals surface area contributed by atoms with Crippen LogP contribution in [0.25, 0.3) is 0 Å². The molecule has 0 saturated carbocycles. The summed E-state index contributed by atoms with van der Waals surface area (Å²) in [6.07, 6.45) is 2.50. The molecule has 2 aliphatic heterocycles. The third-order valence-corrected chi connectivity index (χ3v) is 9.03. The Kier molecular flexibility index (Phi) is 13.8. The zero-order valence-electron chi connectivity index (χ0n) is 29.6. The molecule has 0 atom stereocenters. The van der Waals surface area contributed by atoms with E-state index in [-0.39, 0.29) is 4.70 Å². The lowest BCUT2D eigenvalue weighted by Gasteiger charge is -2.27. The molecule has 2 aromatic rings. The standard InChI is InChI=1S/C37H45F6N2.BF3.FH/c1-24(2)18-20-44-30-16-14-26(36(38,39)40)22-28(30)34(5,6)32(44)12-10-9-11-13-33-35(7,8)29-23-27(37(41,42)43)15-17-31(29)45(33)21-19-25(3)4;2-1(3)4;/h9-17,22-25H,18-21H2,1-8H3;;1H/q+1;;/p-1. The Morgan fingerprint density at radius 2 is 1.26 bits per heavy atom. The van der Waals surface area contributed by atoms with Gasteiger partial charge in [-0.05, 0) is 74.1 Å². The van der Waals surface area contributed by atoms with Crippen molar-refractivity contribution in [1.29, 1.82) is 0 Å². The summed E-state index contributed by atoms with van der Waals surface area (Å²) in [5.41, 5.74) is 2.13. The smallest absolute Gasteiger partial charge is 0.762 e. The van der Waals surface area contributed by atoms with Crippen LogP contribution in [-0.4, -0.2) is 30.9 Å². The van der Waals surface area contributed by atoms with E-state index in [1.165, 1.54) is 12.1 Å². The van der Waals surface area contributed by atoms with E-state index in [9.17, 15) is 39.3 Å². The highest BCUT2D eigenvalue weighted by atomic mass is 19.4. The third-order valence-electron chi connectivity index (χ3n) is 9.03. The monoisotopic (exact) mass is 718 g/mol. The van der Waals surface area contributed by atoms with E-state index < -0.39 is 41.9 Å². The van der Waals surface area contributed by atoms with Gasteiger partial charge in [-0.25, -0.2) is 0 Å². The first-order valence-corrected chi connectivity index (χ1v) is 16.3. The van der Waals surface area contributed by atoms with Crippen molar-refractivity contribution < 1.29 is 48.6 Å². The molecule has 276 valence electrons. The van der Waals surface area contributed by atoms with Gasteiger partial charge in [0.2, 0.25) is 5.69 Å². The molecular weight excluding hydrogens is 673 g/mol. The minimum Gasteiger partial charge on any atom is -1.00 e. The number of rotatable bonds is 9. The molecule has 0 saturated heterocycles. The quantitative estimate of drug-likeness (QED) is 0.109. The molecule has 0 radical (unpaired) electrons. The molecule has 0 unspecified atom stereocenters. The lowest BCUT2D eigenvalue weighted by atomic mass is 9.80. The van der Waals surface area contributed by atoms with Crippen LogP contribution < -0.4 is 9.60 Å². The molecule has 50 heavy (non-hydrogen) atoms. The molecule has 2 nitrogen and oxygen atoms in total. The van der Waals surface area contributed by atoms with E-state index in [4.69, 9.17) is 0 Å². The molecule has 0 bridgehead atoms. The second-order valence-electron chi connectivity index (χ2n) is 14.3. The molecule has 0 aromatic heterocycles. The van der Waals surface area contributed by atoms with E-state index >= 15 is 0 Å². The zero-order chi connectivity index (χ0) is 37.1. The lowest BCUT2D eigenvalue weighted by molar-refractivity contribution is -0.439. The molecule has 2 aromatic carbocycles. The maximum atomic E-state index is 13.6. The molecular formula is C37H45BF10N2. The number of nitrogens with zero attached hydrogens (tertiary/aromatic N) is 2. The molecule has 0 amide bonds. The Bertz CT molecular complexity index is 1590. The van der Waals surface area contributed by atoms with Crippen molar-refractivity contribution >= 4 is 24.6 Å². The molecule has 0 fully saturated rings. The molecule has 0 N–H and O–H groups in total. The first kappa shape index (κ1) is 42.7. The normalized spacial score (nSPS) is 17.5. The van der Waals surface area contributed by atoms with Gasteiger partial charge in [0.15, 0.2) is 5.71 Å². The largest absolute Gasteiger partial charge is 1.00 e. The van der Waals surface area contributed by atoms with Gasteiger partial charge in [0.05, 0.1) is 16.5 Å². The number of benzene rings is 2. The summed E-state index contributed by atoms with van der Waals surface area (Å²) in [5.74, 6) is 0.848. The second-order valence-corrected chi connectivity index (χ2v) is 14.3. The Hall–Kier alpha value is -3.51. The number of fused-ring (bicyclic) bond motifs is 2. The molecule has 0 spiro atoms. The van der Waals surface area contributed by atoms with E-state index in [1.807, 2.05) is 58.1 Å². The molecule has 13 heteroatoms.